The highest BCUT2D eigenvalue weighted by Crippen LogP contribution is 2.29. The van der Waals surface area contributed by atoms with Crippen molar-refractivity contribution in [2.75, 3.05) is 33.3 Å². The van der Waals surface area contributed by atoms with Crippen LogP contribution in [0.4, 0.5) is 0 Å². The standard InChI is InChI=1S/C20H27N3O3S/c1-4-26-20(25)15-8-7-11-23(12-15)13-18(24)22(3)14(2)19-21-16-9-5-6-10-17(16)27-19/h5-6,9-10,14-15H,4,7-8,11-13H2,1-3H3/t14-,15+/m0/s1. The van der Waals surface area contributed by atoms with E-state index in [2.05, 4.69) is 9.88 Å². The normalized spacial score (nSPS) is 19.0. The molecule has 27 heavy (non-hydrogen) atoms. The molecule has 1 aromatic carbocycles. The number of hydrogen-bond acceptors (Lipinski definition) is 6. The Morgan fingerprint density at radius 1 is 1.41 bits per heavy atom. The van der Waals surface area contributed by atoms with Crippen LogP contribution >= 0.6 is 11.3 Å². The molecule has 0 N–H and O–H groups in total. The van der Waals surface area contributed by atoms with Gasteiger partial charge in [-0.05, 0) is 45.4 Å². The summed E-state index contributed by atoms with van der Waals surface area (Å²) in [6.07, 6.45) is 1.75. The number of ether oxygens (including phenoxy) is 1. The van der Waals surface area contributed by atoms with Crippen LogP contribution in [0.2, 0.25) is 0 Å². The number of hydrogen-bond donors (Lipinski definition) is 0. The van der Waals surface area contributed by atoms with E-state index in [1.165, 1.54) is 0 Å². The van der Waals surface area contributed by atoms with Crippen molar-refractivity contribution in [1.82, 2.24) is 14.8 Å². The molecule has 3 rings (SSSR count). The molecule has 1 aromatic heterocycles. The number of carbonyl (C=O) groups is 2. The van der Waals surface area contributed by atoms with E-state index < -0.39 is 0 Å². The number of carbonyl (C=O) groups excluding carboxylic acids is 2. The fourth-order valence-electron chi connectivity index (χ4n) is 3.40. The van der Waals surface area contributed by atoms with Gasteiger partial charge in [-0.15, -0.1) is 11.3 Å². The summed E-state index contributed by atoms with van der Waals surface area (Å²) in [5.41, 5.74) is 0.971. The Bertz CT molecular complexity index is 774. The predicted octanol–water partition coefficient (Wildman–Crippen LogP) is 3.09. The number of likely N-dealkylation sites (tertiary alicyclic amines) is 1. The smallest absolute Gasteiger partial charge is 0.310 e. The third-order valence-corrected chi connectivity index (χ3v) is 6.33. The molecule has 1 saturated heterocycles. The average molecular weight is 390 g/mol. The highest BCUT2D eigenvalue weighted by Gasteiger charge is 2.29. The van der Waals surface area contributed by atoms with Gasteiger partial charge in [0, 0.05) is 13.6 Å². The number of benzene rings is 1. The molecule has 2 atom stereocenters. The second-order valence-corrected chi connectivity index (χ2v) is 8.09. The fourth-order valence-corrected chi connectivity index (χ4v) is 4.47. The zero-order chi connectivity index (χ0) is 19.4. The van der Waals surface area contributed by atoms with Crippen LogP contribution in [0.15, 0.2) is 24.3 Å². The highest BCUT2D eigenvalue weighted by atomic mass is 32.1. The average Bonchev–Trinajstić information content (AvgIpc) is 3.11. The minimum atomic E-state index is -0.147. The minimum absolute atomic E-state index is 0.0475. The summed E-state index contributed by atoms with van der Waals surface area (Å²) in [6, 6.07) is 7.93. The van der Waals surface area contributed by atoms with Crippen molar-refractivity contribution >= 4 is 33.4 Å². The molecular formula is C20H27N3O3S. The van der Waals surface area contributed by atoms with Gasteiger partial charge >= 0.3 is 5.97 Å². The topological polar surface area (TPSA) is 62.7 Å². The van der Waals surface area contributed by atoms with E-state index in [0.29, 0.717) is 19.7 Å². The highest BCUT2D eigenvalue weighted by molar-refractivity contribution is 7.18. The fraction of sp³-hybridized carbons (Fsp3) is 0.550. The number of amides is 1. The Hall–Kier alpha value is -1.99. The molecule has 146 valence electrons. The van der Waals surface area contributed by atoms with Crippen molar-refractivity contribution in [3.8, 4) is 0 Å². The third kappa shape index (κ3) is 4.65. The van der Waals surface area contributed by atoms with Crippen LogP contribution in [0.3, 0.4) is 0 Å². The summed E-state index contributed by atoms with van der Waals surface area (Å²) in [5, 5.41) is 0.940. The Kier molecular flexibility index (Phi) is 6.44. The van der Waals surface area contributed by atoms with E-state index in [0.717, 1.165) is 34.6 Å². The maximum absolute atomic E-state index is 12.8. The van der Waals surface area contributed by atoms with E-state index in [-0.39, 0.29) is 23.8 Å². The summed E-state index contributed by atoms with van der Waals surface area (Å²) in [5.74, 6) is -0.226. The number of para-hydroxylation sites is 1. The molecule has 0 spiro atoms. The van der Waals surface area contributed by atoms with Gasteiger partial charge in [0.05, 0.1) is 35.3 Å². The molecule has 1 amide bonds. The molecule has 1 fully saturated rings. The molecule has 2 heterocycles. The first kappa shape index (κ1) is 19.8. The van der Waals surface area contributed by atoms with Gasteiger partial charge in [0.2, 0.25) is 5.91 Å². The van der Waals surface area contributed by atoms with Crippen LogP contribution in [0.25, 0.3) is 10.2 Å². The molecule has 2 aromatic rings. The molecule has 0 unspecified atom stereocenters. The Morgan fingerprint density at radius 2 is 2.19 bits per heavy atom. The lowest BCUT2D eigenvalue weighted by molar-refractivity contribution is -0.150. The van der Waals surface area contributed by atoms with E-state index in [1.54, 1.807) is 16.2 Å². The van der Waals surface area contributed by atoms with Crippen molar-refractivity contribution in [1.29, 1.82) is 0 Å². The number of fused-ring (bicyclic) bond motifs is 1. The zero-order valence-corrected chi connectivity index (χ0v) is 17.0. The van der Waals surface area contributed by atoms with E-state index in [1.807, 2.05) is 45.2 Å². The van der Waals surface area contributed by atoms with E-state index in [4.69, 9.17) is 4.74 Å². The maximum Gasteiger partial charge on any atom is 0.310 e. The van der Waals surface area contributed by atoms with Crippen LogP contribution < -0.4 is 0 Å². The summed E-state index contributed by atoms with van der Waals surface area (Å²) in [6.45, 7) is 5.98. The van der Waals surface area contributed by atoms with Crippen LogP contribution in [-0.4, -0.2) is 59.9 Å². The second-order valence-electron chi connectivity index (χ2n) is 7.03. The lowest BCUT2D eigenvalue weighted by atomic mass is 9.98. The Balaban J connectivity index is 1.60. The number of likely N-dealkylation sites (N-methyl/N-ethyl adjacent to an activating group) is 1. The van der Waals surface area contributed by atoms with Crippen molar-refractivity contribution in [3.63, 3.8) is 0 Å². The number of esters is 1. The van der Waals surface area contributed by atoms with Crippen molar-refractivity contribution in [2.45, 2.75) is 32.7 Å². The Labute approximate surface area is 164 Å². The van der Waals surface area contributed by atoms with Gasteiger partial charge in [-0.2, -0.15) is 0 Å². The lowest BCUT2D eigenvalue weighted by Gasteiger charge is -2.33. The maximum atomic E-state index is 12.8. The molecule has 7 heteroatoms. The molecule has 0 aliphatic carbocycles. The molecule has 0 bridgehead atoms. The molecular weight excluding hydrogens is 362 g/mol. The van der Waals surface area contributed by atoms with Crippen LogP contribution in [0.1, 0.15) is 37.7 Å². The summed E-state index contributed by atoms with van der Waals surface area (Å²) in [4.78, 5) is 33.3. The van der Waals surface area contributed by atoms with Crippen LogP contribution in [-0.2, 0) is 14.3 Å². The van der Waals surface area contributed by atoms with Gasteiger partial charge < -0.3 is 9.64 Å². The third-order valence-electron chi connectivity index (χ3n) is 5.13. The predicted molar refractivity (Wildman–Crippen MR) is 107 cm³/mol. The van der Waals surface area contributed by atoms with Gasteiger partial charge in [-0.3, -0.25) is 14.5 Å². The molecule has 1 aliphatic rings. The first-order valence-corrected chi connectivity index (χ1v) is 10.3. The largest absolute Gasteiger partial charge is 0.466 e. The summed E-state index contributed by atoms with van der Waals surface area (Å²) >= 11 is 1.63. The van der Waals surface area contributed by atoms with Crippen molar-refractivity contribution < 1.29 is 14.3 Å². The number of thiazole rings is 1. The molecule has 0 radical (unpaired) electrons. The second kappa shape index (κ2) is 8.80. The quantitative estimate of drug-likeness (QED) is 0.711. The van der Waals surface area contributed by atoms with Gasteiger partial charge in [-0.25, -0.2) is 4.98 Å². The Morgan fingerprint density at radius 3 is 2.93 bits per heavy atom. The summed E-state index contributed by atoms with van der Waals surface area (Å²) < 4.78 is 6.27. The van der Waals surface area contributed by atoms with Gasteiger partial charge in [0.25, 0.3) is 0 Å². The zero-order valence-electron chi connectivity index (χ0n) is 16.2. The van der Waals surface area contributed by atoms with E-state index >= 15 is 0 Å². The summed E-state index contributed by atoms with van der Waals surface area (Å²) in [7, 11) is 1.83. The first-order chi connectivity index (χ1) is 13.0. The van der Waals surface area contributed by atoms with Crippen LogP contribution in [0.5, 0.6) is 0 Å². The van der Waals surface area contributed by atoms with Crippen molar-refractivity contribution in [3.05, 3.63) is 29.3 Å². The van der Waals surface area contributed by atoms with Gasteiger partial charge in [-0.1, -0.05) is 12.1 Å². The molecule has 6 nitrogen and oxygen atoms in total. The van der Waals surface area contributed by atoms with Crippen LogP contribution in [0, 0.1) is 5.92 Å². The monoisotopic (exact) mass is 389 g/mol. The number of aromatic nitrogens is 1. The first-order valence-electron chi connectivity index (χ1n) is 9.49. The van der Waals surface area contributed by atoms with Gasteiger partial charge in [0.1, 0.15) is 5.01 Å². The van der Waals surface area contributed by atoms with Crippen molar-refractivity contribution in [2.24, 2.45) is 5.92 Å². The van der Waals surface area contributed by atoms with E-state index in [9.17, 15) is 9.59 Å². The van der Waals surface area contributed by atoms with Gasteiger partial charge in [0.15, 0.2) is 0 Å². The molecule has 0 saturated carbocycles. The minimum Gasteiger partial charge on any atom is -0.466 e. The number of rotatable bonds is 6. The molecule has 1 aliphatic heterocycles. The lowest BCUT2D eigenvalue weighted by Crippen LogP contribution is -2.45. The number of nitrogens with zero attached hydrogens (tertiary/aromatic N) is 3. The SMILES string of the molecule is CCOC(=O)[C@@H]1CCCN(CC(=O)N(C)[C@@H](C)c2nc3ccccc3s2)C1. The number of piperidine rings is 1.